The van der Waals surface area contributed by atoms with Crippen molar-refractivity contribution in [3.05, 3.63) is 24.0 Å². The third-order valence-electron chi connectivity index (χ3n) is 6.39. The normalized spacial score (nSPS) is 37.8. The van der Waals surface area contributed by atoms with Crippen LogP contribution in [0.1, 0.15) is 44.7 Å². The lowest BCUT2D eigenvalue weighted by Crippen LogP contribution is -2.59. The monoisotopic (exact) mass is 315 g/mol. The molecule has 0 radical (unpaired) electrons. The first-order valence-corrected chi connectivity index (χ1v) is 8.73. The summed E-state index contributed by atoms with van der Waals surface area (Å²) in [6, 6.07) is 3.77. The zero-order valence-electron chi connectivity index (χ0n) is 14.0. The smallest absolute Gasteiger partial charge is 0.142 e. The van der Waals surface area contributed by atoms with E-state index in [0.29, 0.717) is 18.3 Å². The van der Waals surface area contributed by atoms with E-state index in [9.17, 15) is 4.79 Å². The van der Waals surface area contributed by atoms with E-state index in [1.54, 1.807) is 20.2 Å². The van der Waals surface area contributed by atoms with Crippen molar-refractivity contribution in [3.8, 4) is 5.75 Å². The highest BCUT2D eigenvalue weighted by molar-refractivity contribution is 5.83. The number of carbonyl (C=O) groups excluding carboxylic acids is 1. The Morgan fingerprint density at radius 2 is 2.04 bits per heavy atom. The molecule has 0 spiro atoms. The molecule has 23 heavy (non-hydrogen) atoms. The van der Waals surface area contributed by atoms with Crippen LogP contribution in [0.25, 0.3) is 0 Å². The first kappa shape index (κ1) is 15.1. The van der Waals surface area contributed by atoms with Gasteiger partial charge in [-0.05, 0) is 68.9 Å². The fraction of sp³-hybridized carbons (Fsp3) is 0.684. The minimum Gasteiger partial charge on any atom is -0.495 e. The number of rotatable bonds is 5. The average molecular weight is 315 g/mol. The van der Waals surface area contributed by atoms with Gasteiger partial charge in [0.15, 0.2) is 0 Å². The maximum absolute atomic E-state index is 12.5. The van der Waals surface area contributed by atoms with Crippen molar-refractivity contribution in [1.82, 2.24) is 4.98 Å². The zero-order valence-corrected chi connectivity index (χ0v) is 14.0. The van der Waals surface area contributed by atoms with Crippen LogP contribution in [0.4, 0.5) is 0 Å². The Bertz CT molecular complexity index is 600. The topological polar surface area (TPSA) is 48.4 Å². The summed E-state index contributed by atoms with van der Waals surface area (Å²) in [4.78, 5) is 16.9. The van der Waals surface area contributed by atoms with Crippen LogP contribution in [0.15, 0.2) is 18.3 Å². The highest BCUT2D eigenvalue weighted by Crippen LogP contribution is 2.61. The third kappa shape index (κ3) is 2.38. The second-order valence-electron chi connectivity index (χ2n) is 7.70. The minimum absolute atomic E-state index is 0.0551. The highest BCUT2D eigenvalue weighted by atomic mass is 16.5. The molecule has 3 atom stereocenters. The van der Waals surface area contributed by atoms with Crippen molar-refractivity contribution >= 4 is 5.78 Å². The van der Waals surface area contributed by atoms with Crippen LogP contribution < -0.4 is 4.74 Å². The van der Waals surface area contributed by atoms with Crippen LogP contribution in [0.5, 0.6) is 5.75 Å². The maximum atomic E-state index is 12.5. The summed E-state index contributed by atoms with van der Waals surface area (Å²) in [7, 11) is 1.65. The Balaban J connectivity index is 1.56. The van der Waals surface area contributed by atoms with Crippen LogP contribution in [-0.2, 0) is 16.1 Å². The van der Waals surface area contributed by atoms with Gasteiger partial charge in [-0.3, -0.25) is 9.78 Å². The van der Waals surface area contributed by atoms with Gasteiger partial charge in [-0.15, -0.1) is 0 Å². The number of carbonyl (C=O) groups is 1. The number of ether oxygens (including phenoxy) is 2. The molecule has 0 amide bonds. The summed E-state index contributed by atoms with van der Waals surface area (Å²) >= 11 is 0. The van der Waals surface area contributed by atoms with Gasteiger partial charge in [0, 0.05) is 6.20 Å². The molecule has 0 aromatic carbocycles. The molecule has 0 saturated heterocycles. The number of ketones is 1. The average Bonchev–Trinajstić information content (AvgIpc) is 2.53. The van der Waals surface area contributed by atoms with Gasteiger partial charge in [0.1, 0.15) is 17.2 Å². The summed E-state index contributed by atoms with van der Waals surface area (Å²) in [5.74, 6) is 3.10. The van der Waals surface area contributed by atoms with E-state index < -0.39 is 0 Å². The largest absolute Gasteiger partial charge is 0.495 e. The van der Waals surface area contributed by atoms with E-state index in [1.807, 2.05) is 12.1 Å². The minimum atomic E-state index is -0.239. The summed E-state index contributed by atoms with van der Waals surface area (Å²) in [6.07, 6.45) is 7.66. The van der Waals surface area contributed by atoms with Gasteiger partial charge in [0.25, 0.3) is 0 Å². The molecule has 4 nitrogen and oxygen atoms in total. The highest BCUT2D eigenvalue weighted by Gasteiger charge is 2.59. The molecule has 0 aliphatic heterocycles. The van der Waals surface area contributed by atoms with Crippen molar-refractivity contribution in [2.45, 2.75) is 51.7 Å². The van der Waals surface area contributed by atoms with Crippen LogP contribution in [0, 0.1) is 23.2 Å². The molecule has 1 heterocycles. The van der Waals surface area contributed by atoms with E-state index >= 15 is 0 Å². The molecule has 0 N–H and O–H groups in total. The number of nitrogens with zero attached hydrogens (tertiary/aromatic N) is 1. The molecule has 5 rings (SSSR count). The standard InChI is InChI=1S/C19H25NO3/c1-12(21)19-9-13-6-14(10-19)8-15(7-13)18(19)23-11-16-17(22-2)4-3-5-20-16/h3-5,13-15,18H,6-11H2,1-2H3. The van der Waals surface area contributed by atoms with E-state index in [4.69, 9.17) is 9.47 Å². The van der Waals surface area contributed by atoms with Gasteiger partial charge in [-0.25, -0.2) is 0 Å². The van der Waals surface area contributed by atoms with Gasteiger partial charge in [0.05, 0.1) is 25.2 Å². The number of hydrogen-bond acceptors (Lipinski definition) is 4. The number of aromatic nitrogens is 1. The lowest BCUT2D eigenvalue weighted by molar-refractivity contribution is -0.190. The third-order valence-corrected chi connectivity index (χ3v) is 6.39. The van der Waals surface area contributed by atoms with Gasteiger partial charge in [-0.2, -0.15) is 0 Å². The molecule has 4 aliphatic rings. The first-order valence-electron chi connectivity index (χ1n) is 8.73. The van der Waals surface area contributed by atoms with Gasteiger partial charge < -0.3 is 9.47 Å². The molecule has 3 unspecified atom stereocenters. The molecule has 4 heteroatoms. The summed E-state index contributed by atoms with van der Waals surface area (Å²) in [5.41, 5.74) is 0.582. The van der Waals surface area contributed by atoms with Gasteiger partial charge >= 0.3 is 0 Å². The molecule has 1 aromatic rings. The van der Waals surface area contributed by atoms with E-state index in [2.05, 4.69) is 4.98 Å². The van der Waals surface area contributed by atoms with Gasteiger partial charge in [-0.1, -0.05) is 0 Å². The molecule has 4 bridgehead atoms. The Morgan fingerprint density at radius 1 is 1.30 bits per heavy atom. The summed E-state index contributed by atoms with van der Waals surface area (Å²) in [5, 5.41) is 0. The molecular weight excluding hydrogens is 290 g/mol. The fourth-order valence-electron chi connectivity index (χ4n) is 5.66. The number of pyridine rings is 1. The molecule has 124 valence electrons. The number of Topliss-reactive ketones (excluding diaryl/α,β-unsaturated/α-hetero) is 1. The Kier molecular flexibility index (Phi) is 3.67. The fourth-order valence-corrected chi connectivity index (χ4v) is 5.66. The Labute approximate surface area is 137 Å². The zero-order chi connectivity index (χ0) is 16.0. The number of methoxy groups -OCH3 is 1. The van der Waals surface area contributed by atoms with Gasteiger partial charge in [0.2, 0.25) is 0 Å². The second kappa shape index (κ2) is 5.59. The van der Waals surface area contributed by atoms with Crippen LogP contribution in [-0.4, -0.2) is 24.0 Å². The van der Waals surface area contributed by atoms with Crippen molar-refractivity contribution in [2.75, 3.05) is 7.11 Å². The van der Waals surface area contributed by atoms with Crippen molar-refractivity contribution in [3.63, 3.8) is 0 Å². The SMILES string of the molecule is COc1cccnc1COC1C2CC3CC(C2)CC1(C(C)=O)C3. The molecule has 4 fully saturated rings. The van der Waals surface area contributed by atoms with Crippen molar-refractivity contribution in [1.29, 1.82) is 0 Å². The molecule has 4 aliphatic carbocycles. The first-order chi connectivity index (χ1) is 11.1. The van der Waals surface area contributed by atoms with Crippen LogP contribution in [0.3, 0.4) is 0 Å². The predicted octanol–water partition coefficient (Wildman–Crippen LogP) is 3.39. The summed E-state index contributed by atoms with van der Waals surface area (Å²) in [6.45, 7) is 2.19. The summed E-state index contributed by atoms with van der Waals surface area (Å²) < 4.78 is 11.7. The Hall–Kier alpha value is -1.42. The van der Waals surface area contributed by atoms with Crippen molar-refractivity contribution in [2.24, 2.45) is 23.2 Å². The Morgan fingerprint density at radius 3 is 2.70 bits per heavy atom. The molecular formula is C19H25NO3. The quantitative estimate of drug-likeness (QED) is 0.835. The van der Waals surface area contributed by atoms with Crippen molar-refractivity contribution < 1.29 is 14.3 Å². The predicted molar refractivity (Wildman–Crippen MR) is 86.0 cm³/mol. The van der Waals surface area contributed by atoms with E-state index in [0.717, 1.165) is 36.1 Å². The second-order valence-corrected chi connectivity index (χ2v) is 7.70. The van der Waals surface area contributed by atoms with Crippen LogP contribution in [0.2, 0.25) is 0 Å². The molecule has 4 saturated carbocycles. The van der Waals surface area contributed by atoms with E-state index in [-0.39, 0.29) is 11.5 Å². The van der Waals surface area contributed by atoms with E-state index in [1.165, 1.54) is 19.3 Å². The number of hydrogen-bond donors (Lipinski definition) is 0. The maximum Gasteiger partial charge on any atom is 0.142 e. The lowest BCUT2D eigenvalue weighted by Gasteiger charge is -2.59. The van der Waals surface area contributed by atoms with Crippen LogP contribution >= 0.6 is 0 Å². The lowest BCUT2D eigenvalue weighted by atomic mass is 9.47. The molecule has 1 aromatic heterocycles.